The molecule has 1 aromatic heterocycles. The molecular weight excluding hydrogens is 977 g/mol. The van der Waals surface area contributed by atoms with E-state index in [0.717, 1.165) is 62.1 Å². The number of hydrogen-bond acceptors (Lipinski definition) is 17. The van der Waals surface area contributed by atoms with Gasteiger partial charge in [0, 0.05) is 19.0 Å². The maximum atomic E-state index is 12.9. The Bertz CT molecular complexity index is 1980. The molecule has 2 heterocycles. The van der Waals surface area contributed by atoms with Gasteiger partial charge in [-0.1, -0.05) is 126 Å². The van der Waals surface area contributed by atoms with Crippen LogP contribution in [0.5, 0.6) is 0 Å². The molecule has 1 aliphatic heterocycles. The van der Waals surface area contributed by atoms with Crippen molar-refractivity contribution in [1.82, 2.24) is 9.55 Å². The molecule has 20 nitrogen and oxygen atoms in total. The van der Waals surface area contributed by atoms with Gasteiger partial charge in [0.15, 0.2) is 12.3 Å². The van der Waals surface area contributed by atoms with Crippen molar-refractivity contribution in [2.75, 3.05) is 25.6 Å². The number of aromatic nitrogens is 2. The highest BCUT2D eigenvalue weighted by molar-refractivity contribution is 7.61. The zero-order valence-corrected chi connectivity index (χ0v) is 44.0. The van der Waals surface area contributed by atoms with E-state index in [1.165, 1.54) is 51.0 Å². The lowest BCUT2D eigenvalue weighted by molar-refractivity contribution is -0.161. The van der Waals surface area contributed by atoms with Gasteiger partial charge in [0.05, 0.1) is 25.4 Å². The quantitative estimate of drug-likeness (QED) is 0.0107. The van der Waals surface area contributed by atoms with Crippen LogP contribution < -0.4 is 11.4 Å². The number of esters is 2. The molecule has 0 aliphatic carbocycles. The molecule has 8 N–H and O–H groups in total. The van der Waals surface area contributed by atoms with Crippen molar-refractivity contribution < 1.29 is 76.5 Å². The third-order valence-corrected chi connectivity index (χ3v) is 13.9. The van der Waals surface area contributed by atoms with Gasteiger partial charge in [0.1, 0.15) is 30.7 Å². The van der Waals surface area contributed by atoms with Crippen LogP contribution in [-0.2, 0) is 46.3 Å². The van der Waals surface area contributed by atoms with Gasteiger partial charge >= 0.3 is 33.3 Å². The normalized spacial score (nSPS) is 20.4. The summed E-state index contributed by atoms with van der Waals surface area (Å²) in [4.78, 5) is 61.9. The molecule has 9 atom stereocenters. The van der Waals surface area contributed by atoms with Gasteiger partial charge in [0.2, 0.25) is 0 Å². The number of allylic oxidation sites excluding steroid dienone is 9. The Hall–Kier alpha value is -3.62. The number of unbranched alkanes of at least 4 members (excludes halogenated alkanes) is 12. The minimum Gasteiger partial charge on any atom is -0.462 e. The number of anilines is 1. The second-order valence-corrected chi connectivity index (χ2v) is 20.7. The number of nitrogen functional groups attached to an aromatic ring is 1. The van der Waals surface area contributed by atoms with E-state index >= 15 is 0 Å². The summed E-state index contributed by atoms with van der Waals surface area (Å²) in [7, 11) is -11.0. The second kappa shape index (κ2) is 38.0. The third kappa shape index (κ3) is 29.9. The fourth-order valence-electron chi connectivity index (χ4n) is 7.17. The SMILES string of the molecule is CCCCC/C=C\C/C=C\C/C=C\CC(O)C(O)CCCC(=O)OC[C@H](COP(=O)(O)OP(=O)(O)OC[C@H]1O[C@@H](n2ccc(N)nc2=O)[C@H](O)[C@@H]1O)OC(=O)CCCCCCC/C=C\C=C/CCCCCC. The Morgan fingerprint density at radius 2 is 1.31 bits per heavy atom. The first-order chi connectivity index (χ1) is 34.5. The first-order valence-corrected chi connectivity index (χ1v) is 28.5. The topological polar surface area (TPSA) is 306 Å². The summed E-state index contributed by atoms with van der Waals surface area (Å²) < 4.78 is 56.5. The van der Waals surface area contributed by atoms with Crippen LogP contribution in [0, 0.1) is 0 Å². The van der Waals surface area contributed by atoms with Crippen molar-refractivity contribution in [2.45, 2.75) is 198 Å². The van der Waals surface area contributed by atoms with E-state index in [1.54, 1.807) is 6.08 Å². The van der Waals surface area contributed by atoms with Crippen molar-refractivity contribution in [2.24, 2.45) is 0 Å². The summed E-state index contributed by atoms with van der Waals surface area (Å²) in [6.07, 6.45) is 28.9. The summed E-state index contributed by atoms with van der Waals surface area (Å²) in [6.45, 7) is 1.80. The van der Waals surface area contributed by atoms with E-state index in [4.69, 9.17) is 29.0 Å². The third-order valence-electron chi connectivity index (χ3n) is 11.3. The van der Waals surface area contributed by atoms with Gasteiger partial charge in [0.25, 0.3) is 0 Å². The van der Waals surface area contributed by atoms with Crippen molar-refractivity contribution in [1.29, 1.82) is 0 Å². The number of phosphoric ester groups is 2. The van der Waals surface area contributed by atoms with Crippen LogP contribution in [0.1, 0.15) is 161 Å². The average molecular weight is 1060 g/mol. The number of carbonyl (C=O) groups is 2. The molecule has 0 bridgehead atoms. The molecule has 1 aromatic rings. The predicted octanol–water partition coefficient (Wildman–Crippen LogP) is 8.28. The first kappa shape index (κ1) is 64.5. The number of aliphatic hydroxyl groups is 4. The molecule has 410 valence electrons. The van der Waals surface area contributed by atoms with Gasteiger partial charge < -0.3 is 50.2 Å². The van der Waals surface area contributed by atoms with Crippen LogP contribution >= 0.6 is 15.6 Å². The van der Waals surface area contributed by atoms with Crippen LogP contribution in [-0.4, -0.2) is 108 Å². The van der Waals surface area contributed by atoms with Crippen LogP contribution in [0.15, 0.2) is 77.8 Å². The highest BCUT2D eigenvalue weighted by atomic mass is 31.3. The Morgan fingerprint density at radius 1 is 0.736 bits per heavy atom. The summed E-state index contributed by atoms with van der Waals surface area (Å²) in [6, 6.07) is 1.23. The molecule has 0 spiro atoms. The number of nitrogens with zero attached hydrogens (tertiary/aromatic N) is 2. The number of nitrogens with two attached hydrogens (primary N) is 1. The highest BCUT2D eigenvalue weighted by Gasteiger charge is 2.46. The standard InChI is InChI=1S/C50H83N3O17P2/c1-3-5-7-9-11-13-15-17-18-19-21-23-25-27-29-33-46(57)68-40(37-65-45(56)34-30-32-42(55)41(54)31-28-26-24-22-20-16-14-12-10-8-6-4-2)38-66-71(61,62)70-72(63,64)67-39-43-47(58)48(59)49(69-43)53-36-35-44(51)52-50(53)60/h12-15,17-18,20,22,26,28,35-36,40-43,47-49,54-55,58-59H,3-11,16,19,21,23-25,27,29-34,37-39H2,1-2H3,(H,61,62)(H,63,64)(H2,51,52,60)/b14-12-,15-13-,18-17-,22-20-,28-26-/t40-,41?,42?,43-,47-,48-,49-/m1/s1. The zero-order valence-electron chi connectivity index (χ0n) is 42.2. The molecular formula is C50H83N3O17P2. The smallest absolute Gasteiger partial charge is 0.462 e. The van der Waals surface area contributed by atoms with E-state index in [9.17, 15) is 53.7 Å². The minimum atomic E-state index is -5.49. The monoisotopic (exact) mass is 1060 g/mol. The summed E-state index contributed by atoms with van der Waals surface area (Å²) in [5.41, 5.74) is 4.56. The first-order valence-electron chi connectivity index (χ1n) is 25.5. The lowest BCUT2D eigenvalue weighted by Crippen LogP contribution is -2.36. The molecule has 0 amide bonds. The van der Waals surface area contributed by atoms with Gasteiger partial charge in [-0.3, -0.25) is 23.2 Å². The molecule has 1 saturated heterocycles. The Balaban J connectivity index is 1.88. The summed E-state index contributed by atoms with van der Waals surface area (Å²) >= 11 is 0. The lowest BCUT2D eigenvalue weighted by atomic mass is 10.0. The van der Waals surface area contributed by atoms with Crippen molar-refractivity contribution in [3.05, 3.63) is 83.5 Å². The van der Waals surface area contributed by atoms with Crippen LogP contribution in [0.25, 0.3) is 0 Å². The molecule has 22 heteroatoms. The molecule has 4 unspecified atom stereocenters. The number of hydrogen-bond donors (Lipinski definition) is 7. The number of phosphoric acid groups is 2. The maximum absolute atomic E-state index is 12.9. The Labute approximate surface area is 425 Å². The molecule has 1 fully saturated rings. The van der Waals surface area contributed by atoms with Crippen molar-refractivity contribution >= 4 is 33.4 Å². The molecule has 0 radical (unpaired) electrons. The van der Waals surface area contributed by atoms with Gasteiger partial charge in [-0.15, -0.1) is 0 Å². The molecule has 1 aliphatic rings. The van der Waals surface area contributed by atoms with E-state index in [1.807, 2.05) is 12.2 Å². The van der Waals surface area contributed by atoms with Crippen LogP contribution in [0.4, 0.5) is 5.82 Å². The minimum absolute atomic E-state index is 0.0303. The number of rotatable bonds is 41. The molecule has 72 heavy (non-hydrogen) atoms. The number of carbonyl (C=O) groups excluding carboxylic acids is 2. The summed E-state index contributed by atoms with van der Waals surface area (Å²) in [5.74, 6) is -1.62. The highest BCUT2D eigenvalue weighted by Crippen LogP contribution is 2.60. The van der Waals surface area contributed by atoms with Crippen molar-refractivity contribution in [3.8, 4) is 0 Å². The van der Waals surface area contributed by atoms with Gasteiger partial charge in [-0.25, -0.2) is 13.9 Å². The predicted molar refractivity (Wildman–Crippen MR) is 273 cm³/mol. The number of aliphatic hydroxyl groups excluding tert-OH is 4. The van der Waals surface area contributed by atoms with E-state index in [-0.39, 0.29) is 37.9 Å². The van der Waals surface area contributed by atoms with Crippen LogP contribution in [0.2, 0.25) is 0 Å². The maximum Gasteiger partial charge on any atom is 0.481 e. The van der Waals surface area contributed by atoms with Gasteiger partial charge in [-0.05, 0) is 83.1 Å². The molecule has 0 saturated carbocycles. The Morgan fingerprint density at radius 3 is 1.99 bits per heavy atom. The second-order valence-electron chi connectivity index (χ2n) is 17.6. The van der Waals surface area contributed by atoms with E-state index in [2.05, 4.69) is 65.7 Å². The fraction of sp³-hybridized carbons (Fsp3) is 0.680. The average Bonchev–Trinajstić information content (AvgIpc) is 3.61. The molecule has 2 rings (SSSR count). The lowest BCUT2D eigenvalue weighted by Gasteiger charge is -2.21. The van der Waals surface area contributed by atoms with Crippen LogP contribution in [0.3, 0.4) is 0 Å². The summed E-state index contributed by atoms with van der Waals surface area (Å²) in [5, 5.41) is 41.8. The van der Waals surface area contributed by atoms with Gasteiger partial charge in [-0.2, -0.15) is 9.29 Å². The number of ether oxygens (including phenoxy) is 3. The van der Waals surface area contributed by atoms with E-state index < -0.39 is 95.9 Å². The zero-order chi connectivity index (χ0) is 53.0. The fourth-order valence-corrected chi connectivity index (χ4v) is 9.28. The molecule has 0 aromatic carbocycles. The Kier molecular flexibility index (Phi) is 34.0. The largest absolute Gasteiger partial charge is 0.481 e. The van der Waals surface area contributed by atoms with Crippen molar-refractivity contribution in [3.63, 3.8) is 0 Å². The van der Waals surface area contributed by atoms with E-state index in [0.29, 0.717) is 12.8 Å².